The summed E-state index contributed by atoms with van der Waals surface area (Å²) >= 11 is 0. The molecule has 4 fully saturated rings. The summed E-state index contributed by atoms with van der Waals surface area (Å²) in [6, 6.07) is 0. The zero-order valence-corrected chi connectivity index (χ0v) is 14.3. The molecule has 4 aliphatic rings. The van der Waals surface area contributed by atoms with Crippen molar-refractivity contribution in [3.8, 4) is 0 Å². The number of carbonyl (C=O) groups excluding carboxylic acids is 1. The van der Waals surface area contributed by atoms with E-state index in [1.54, 1.807) is 0 Å². The molecule has 0 bridgehead atoms. The highest BCUT2D eigenvalue weighted by Gasteiger charge is 2.53. The van der Waals surface area contributed by atoms with Gasteiger partial charge in [0, 0.05) is 5.92 Å². The van der Waals surface area contributed by atoms with Crippen LogP contribution in [0.5, 0.6) is 0 Å². The van der Waals surface area contributed by atoms with Gasteiger partial charge in [-0.15, -0.1) is 0 Å². The maximum atomic E-state index is 11.9. The van der Waals surface area contributed by atoms with E-state index in [0.717, 1.165) is 48.9 Å². The molecule has 124 valence electrons. The third-order valence-electron chi connectivity index (χ3n) is 8.08. The van der Waals surface area contributed by atoms with Gasteiger partial charge in [0.05, 0.1) is 5.60 Å². The van der Waals surface area contributed by atoms with E-state index >= 15 is 0 Å². The normalized spacial score (nSPS) is 54.2. The predicted molar refractivity (Wildman–Crippen MR) is 87.3 cm³/mol. The second-order valence-electron chi connectivity index (χ2n) is 9.27. The van der Waals surface area contributed by atoms with E-state index in [2.05, 4.69) is 0 Å². The Kier molecular flexibility index (Phi) is 3.67. The molecule has 8 atom stereocenters. The molecule has 1 N–H and O–H groups in total. The van der Waals surface area contributed by atoms with Crippen LogP contribution in [0.4, 0.5) is 0 Å². The maximum Gasteiger partial charge on any atom is 0.133 e. The minimum Gasteiger partial charge on any atom is -0.390 e. The molecule has 4 rings (SSSR count). The van der Waals surface area contributed by atoms with Crippen LogP contribution in [-0.4, -0.2) is 16.5 Å². The lowest BCUT2D eigenvalue weighted by Crippen LogP contribution is -2.48. The zero-order valence-electron chi connectivity index (χ0n) is 14.3. The van der Waals surface area contributed by atoms with Crippen LogP contribution in [0.1, 0.15) is 71.6 Å². The molecule has 0 amide bonds. The lowest BCUT2D eigenvalue weighted by molar-refractivity contribution is -0.124. The molecule has 0 heterocycles. The van der Waals surface area contributed by atoms with Crippen molar-refractivity contribution in [2.24, 2.45) is 41.4 Å². The Balaban J connectivity index is 1.51. The molecular formula is C20H32O2. The molecule has 0 unspecified atom stereocenters. The van der Waals surface area contributed by atoms with Crippen LogP contribution in [0.15, 0.2) is 0 Å². The van der Waals surface area contributed by atoms with Gasteiger partial charge in [0.1, 0.15) is 5.78 Å². The zero-order chi connectivity index (χ0) is 15.5. The van der Waals surface area contributed by atoms with Gasteiger partial charge in [0.25, 0.3) is 0 Å². The van der Waals surface area contributed by atoms with Crippen LogP contribution in [0.2, 0.25) is 0 Å². The van der Waals surface area contributed by atoms with Gasteiger partial charge in [-0.3, -0.25) is 4.79 Å². The molecular weight excluding hydrogens is 272 g/mol. The Labute approximate surface area is 135 Å². The molecule has 0 aromatic carbocycles. The molecule has 0 aromatic rings. The van der Waals surface area contributed by atoms with Crippen LogP contribution < -0.4 is 0 Å². The van der Waals surface area contributed by atoms with Crippen LogP contribution >= 0.6 is 0 Å². The Morgan fingerprint density at radius 1 is 0.864 bits per heavy atom. The van der Waals surface area contributed by atoms with Crippen molar-refractivity contribution in [1.82, 2.24) is 0 Å². The molecule has 0 radical (unpaired) electrons. The lowest BCUT2D eigenvalue weighted by atomic mass is 9.52. The highest BCUT2D eigenvalue weighted by atomic mass is 16.3. The van der Waals surface area contributed by atoms with Crippen LogP contribution in [-0.2, 0) is 4.79 Å². The van der Waals surface area contributed by atoms with E-state index in [1.165, 1.54) is 38.5 Å². The van der Waals surface area contributed by atoms with Crippen LogP contribution in [0, 0.1) is 41.4 Å². The largest absolute Gasteiger partial charge is 0.390 e. The average molecular weight is 304 g/mol. The summed E-state index contributed by atoms with van der Waals surface area (Å²) in [5, 5.41) is 10.4. The third kappa shape index (κ3) is 2.37. The van der Waals surface area contributed by atoms with Crippen molar-refractivity contribution in [2.45, 2.75) is 77.2 Å². The quantitative estimate of drug-likeness (QED) is 0.788. The minimum absolute atomic E-state index is 0.385. The minimum atomic E-state index is -0.404. The predicted octanol–water partition coefficient (Wildman–Crippen LogP) is 4.21. The Morgan fingerprint density at radius 2 is 1.45 bits per heavy atom. The summed E-state index contributed by atoms with van der Waals surface area (Å²) in [7, 11) is 0. The number of fused-ring (bicyclic) bond motifs is 5. The summed E-state index contributed by atoms with van der Waals surface area (Å²) in [5.41, 5.74) is -0.404. The van der Waals surface area contributed by atoms with Crippen molar-refractivity contribution in [2.75, 3.05) is 0 Å². The Morgan fingerprint density at radius 3 is 2.23 bits per heavy atom. The van der Waals surface area contributed by atoms with E-state index in [9.17, 15) is 9.90 Å². The fraction of sp³-hybridized carbons (Fsp3) is 0.950. The number of ketones is 1. The number of rotatable bonds is 1. The highest BCUT2D eigenvalue weighted by molar-refractivity contribution is 5.79. The van der Waals surface area contributed by atoms with E-state index in [1.807, 2.05) is 13.8 Å². The van der Waals surface area contributed by atoms with Gasteiger partial charge in [0.15, 0.2) is 0 Å². The highest BCUT2D eigenvalue weighted by Crippen LogP contribution is 2.59. The summed E-state index contributed by atoms with van der Waals surface area (Å²) in [6.45, 7) is 3.86. The van der Waals surface area contributed by atoms with Crippen molar-refractivity contribution in [3.63, 3.8) is 0 Å². The van der Waals surface area contributed by atoms with Gasteiger partial charge >= 0.3 is 0 Å². The van der Waals surface area contributed by atoms with Crippen molar-refractivity contribution in [3.05, 3.63) is 0 Å². The Hall–Kier alpha value is -0.370. The number of Topliss-reactive ketones (excluding diaryl/α,β-unsaturated/α-hetero) is 1. The first kappa shape index (κ1) is 15.2. The van der Waals surface area contributed by atoms with Gasteiger partial charge in [-0.05, 0) is 107 Å². The first-order chi connectivity index (χ1) is 10.5. The molecule has 0 aliphatic heterocycles. The second-order valence-corrected chi connectivity index (χ2v) is 9.27. The first-order valence-electron chi connectivity index (χ1n) is 9.69. The number of hydrogen-bond donors (Lipinski definition) is 1. The Bertz CT molecular complexity index is 455. The second kappa shape index (κ2) is 5.33. The lowest BCUT2D eigenvalue weighted by Gasteiger charge is -2.54. The molecule has 0 saturated heterocycles. The molecule has 2 nitrogen and oxygen atoms in total. The third-order valence-corrected chi connectivity index (χ3v) is 8.08. The number of aliphatic hydroxyl groups is 1. The van der Waals surface area contributed by atoms with Crippen LogP contribution in [0.25, 0.3) is 0 Å². The van der Waals surface area contributed by atoms with Gasteiger partial charge < -0.3 is 5.11 Å². The summed E-state index contributed by atoms with van der Waals surface area (Å²) in [6.07, 6.45) is 11.1. The smallest absolute Gasteiger partial charge is 0.133 e. The summed E-state index contributed by atoms with van der Waals surface area (Å²) < 4.78 is 0. The van der Waals surface area contributed by atoms with E-state index in [0.29, 0.717) is 17.6 Å². The van der Waals surface area contributed by atoms with E-state index in [4.69, 9.17) is 0 Å². The molecule has 0 spiro atoms. The topological polar surface area (TPSA) is 37.3 Å². The SMILES string of the molecule is CC(=O)[C@@H]1CC[C@H]2[C@@H]3CC[C@@H]4C[C@](C)(O)CC[C@@H]4[C@H]3CC[C@@H]21. The number of hydrogen-bond acceptors (Lipinski definition) is 2. The fourth-order valence-electron chi connectivity index (χ4n) is 7.24. The summed E-state index contributed by atoms with van der Waals surface area (Å²) in [5.74, 6) is 5.83. The molecule has 22 heavy (non-hydrogen) atoms. The van der Waals surface area contributed by atoms with E-state index in [-0.39, 0.29) is 0 Å². The average Bonchev–Trinajstić information content (AvgIpc) is 2.89. The van der Waals surface area contributed by atoms with Gasteiger partial charge in [0.2, 0.25) is 0 Å². The first-order valence-corrected chi connectivity index (χ1v) is 9.69. The molecule has 0 aromatic heterocycles. The van der Waals surface area contributed by atoms with Crippen LogP contribution in [0.3, 0.4) is 0 Å². The van der Waals surface area contributed by atoms with Gasteiger partial charge in [-0.1, -0.05) is 0 Å². The van der Waals surface area contributed by atoms with Gasteiger partial charge in [-0.25, -0.2) is 0 Å². The summed E-state index contributed by atoms with van der Waals surface area (Å²) in [4.78, 5) is 11.9. The van der Waals surface area contributed by atoms with Crippen molar-refractivity contribution >= 4 is 5.78 Å². The number of carbonyl (C=O) groups is 1. The molecule has 4 saturated carbocycles. The van der Waals surface area contributed by atoms with E-state index < -0.39 is 5.60 Å². The van der Waals surface area contributed by atoms with Crippen molar-refractivity contribution in [1.29, 1.82) is 0 Å². The monoisotopic (exact) mass is 304 g/mol. The van der Waals surface area contributed by atoms with Gasteiger partial charge in [-0.2, -0.15) is 0 Å². The fourth-order valence-corrected chi connectivity index (χ4v) is 7.24. The standard InChI is InChI=1S/C20H32O2/c1-12(21)14-5-6-19-16(14)7-8-17-15-9-10-20(2,22)11-13(15)3-4-18(17)19/h13-19,22H,3-11H2,1-2H3/t13-,14+,15+,16-,17-,18-,19-,20-/m1/s1. The molecule has 4 aliphatic carbocycles. The molecule has 2 heteroatoms. The van der Waals surface area contributed by atoms with Crippen molar-refractivity contribution < 1.29 is 9.90 Å². The maximum absolute atomic E-state index is 11.9.